The molecule has 0 radical (unpaired) electrons. The van der Waals surface area contributed by atoms with Gasteiger partial charge in [-0.3, -0.25) is 0 Å². The number of rotatable bonds is 4. The van der Waals surface area contributed by atoms with E-state index >= 15 is 0 Å². The Hall–Kier alpha value is -3.09. The molecule has 7 heteroatoms. The summed E-state index contributed by atoms with van der Waals surface area (Å²) in [6.45, 7) is 3.69. The van der Waals surface area contributed by atoms with Crippen molar-refractivity contribution >= 4 is 5.97 Å². The molecule has 0 amide bonds. The van der Waals surface area contributed by atoms with E-state index in [1.165, 1.54) is 12.1 Å². The second-order valence-electron chi connectivity index (χ2n) is 6.39. The van der Waals surface area contributed by atoms with Crippen LogP contribution in [0.4, 0.5) is 13.2 Å². The Balaban J connectivity index is 2.23. The predicted octanol–water partition coefficient (Wildman–Crippen LogP) is 5.38. The first-order chi connectivity index (χ1) is 12.7. The highest BCUT2D eigenvalue weighted by atomic mass is 19.4. The average molecular weight is 374 g/mol. The molecule has 1 N–H and O–H groups in total. The van der Waals surface area contributed by atoms with E-state index in [9.17, 15) is 23.1 Å². The molecule has 0 bridgehead atoms. The fourth-order valence-corrected chi connectivity index (χ4v) is 2.96. The maximum atomic E-state index is 12.8. The van der Waals surface area contributed by atoms with Crippen molar-refractivity contribution in [3.63, 3.8) is 0 Å². The average Bonchev–Trinajstić information content (AvgIpc) is 3.03. The molecule has 140 valence electrons. The van der Waals surface area contributed by atoms with Gasteiger partial charge in [-0.1, -0.05) is 44.2 Å². The number of aromatic carboxylic acids is 1. The quantitative estimate of drug-likeness (QED) is 0.667. The highest BCUT2D eigenvalue weighted by Gasteiger charge is 2.31. The van der Waals surface area contributed by atoms with Gasteiger partial charge in [-0.25, -0.2) is 9.48 Å². The van der Waals surface area contributed by atoms with Crippen LogP contribution in [0.3, 0.4) is 0 Å². The van der Waals surface area contributed by atoms with Gasteiger partial charge >= 0.3 is 12.1 Å². The van der Waals surface area contributed by atoms with Crippen LogP contribution in [0.2, 0.25) is 0 Å². The van der Waals surface area contributed by atoms with E-state index in [1.807, 2.05) is 19.9 Å². The molecular weight excluding hydrogens is 357 g/mol. The lowest BCUT2D eigenvalue weighted by molar-refractivity contribution is -0.137. The molecule has 0 atom stereocenters. The molecule has 0 aliphatic heterocycles. The summed E-state index contributed by atoms with van der Waals surface area (Å²) < 4.78 is 40.0. The third-order valence-electron chi connectivity index (χ3n) is 4.17. The third-order valence-corrected chi connectivity index (χ3v) is 4.17. The number of benzene rings is 2. The van der Waals surface area contributed by atoms with Gasteiger partial charge in [-0.2, -0.15) is 18.3 Å². The number of carbonyl (C=O) groups is 1. The van der Waals surface area contributed by atoms with Crippen LogP contribution in [0.5, 0.6) is 0 Å². The molecular formula is C20H17F3N2O2. The number of carboxylic acids is 1. The van der Waals surface area contributed by atoms with E-state index in [0.29, 0.717) is 16.9 Å². The summed E-state index contributed by atoms with van der Waals surface area (Å²) in [6.07, 6.45) is -4.46. The highest BCUT2D eigenvalue weighted by Crippen LogP contribution is 2.34. The minimum absolute atomic E-state index is 0.00592. The zero-order valence-corrected chi connectivity index (χ0v) is 14.7. The summed E-state index contributed by atoms with van der Waals surface area (Å²) in [5, 5.41) is 14.2. The number of aromatic nitrogens is 2. The number of para-hydroxylation sites is 1. The van der Waals surface area contributed by atoms with Crippen LogP contribution in [0.1, 0.15) is 41.4 Å². The molecule has 0 fully saturated rings. The summed E-state index contributed by atoms with van der Waals surface area (Å²) in [5.41, 5.74) is 0.828. The SMILES string of the molecule is CC(C)c1c(C(=O)O)c(-c2ccc(C(F)(F)F)cc2)nn1-c1ccccc1. The van der Waals surface area contributed by atoms with Crippen molar-refractivity contribution < 1.29 is 23.1 Å². The fourth-order valence-electron chi connectivity index (χ4n) is 2.96. The predicted molar refractivity (Wildman–Crippen MR) is 95.1 cm³/mol. The molecule has 27 heavy (non-hydrogen) atoms. The Morgan fingerprint density at radius 1 is 1.04 bits per heavy atom. The summed E-state index contributed by atoms with van der Waals surface area (Å²) in [4.78, 5) is 12.0. The molecule has 3 aromatic rings. The summed E-state index contributed by atoms with van der Waals surface area (Å²) in [7, 11) is 0. The number of alkyl halides is 3. The smallest absolute Gasteiger partial charge is 0.416 e. The van der Waals surface area contributed by atoms with Crippen LogP contribution in [0.15, 0.2) is 54.6 Å². The maximum Gasteiger partial charge on any atom is 0.416 e. The molecule has 4 nitrogen and oxygen atoms in total. The van der Waals surface area contributed by atoms with Gasteiger partial charge in [0.1, 0.15) is 11.3 Å². The van der Waals surface area contributed by atoms with E-state index < -0.39 is 17.7 Å². The van der Waals surface area contributed by atoms with Crippen molar-refractivity contribution in [2.45, 2.75) is 25.9 Å². The first-order valence-corrected chi connectivity index (χ1v) is 8.29. The molecule has 0 aliphatic carbocycles. The Morgan fingerprint density at radius 3 is 2.11 bits per heavy atom. The number of nitrogens with zero attached hydrogens (tertiary/aromatic N) is 2. The minimum Gasteiger partial charge on any atom is -0.478 e. The number of hydrogen-bond donors (Lipinski definition) is 1. The molecule has 0 saturated carbocycles. The van der Waals surface area contributed by atoms with Crippen molar-refractivity contribution in [2.24, 2.45) is 0 Å². The minimum atomic E-state index is -4.46. The normalized spacial score (nSPS) is 11.8. The van der Waals surface area contributed by atoms with Crippen LogP contribution >= 0.6 is 0 Å². The van der Waals surface area contributed by atoms with Crippen LogP contribution < -0.4 is 0 Å². The topological polar surface area (TPSA) is 55.1 Å². The number of hydrogen-bond acceptors (Lipinski definition) is 2. The lowest BCUT2D eigenvalue weighted by Crippen LogP contribution is -2.08. The van der Waals surface area contributed by atoms with Gasteiger partial charge in [0.25, 0.3) is 0 Å². The zero-order valence-electron chi connectivity index (χ0n) is 14.7. The standard InChI is InChI=1S/C20H17F3N2O2/c1-12(2)18-16(19(26)27)17(24-25(18)15-6-4-3-5-7-15)13-8-10-14(11-9-13)20(21,22)23/h3-12H,1-2H3,(H,26,27). The maximum absolute atomic E-state index is 12.8. The molecule has 0 spiro atoms. The van der Waals surface area contributed by atoms with E-state index in [2.05, 4.69) is 5.10 Å². The Kier molecular flexibility index (Phi) is 4.78. The van der Waals surface area contributed by atoms with Crippen LogP contribution in [-0.4, -0.2) is 20.9 Å². The van der Waals surface area contributed by atoms with E-state index in [0.717, 1.165) is 12.1 Å². The molecule has 0 aliphatic rings. The van der Waals surface area contributed by atoms with Crippen molar-refractivity contribution in [2.75, 3.05) is 0 Å². The Bertz CT molecular complexity index is 959. The molecule has 3 rings (SSSR count). The van der Waals surface area contributed by atoms with Crippen molar-refractivity contribution in [3.8, 4) is 16.9 Å². The van der Waals surface area contributed by atoms with Crippen molar-refractivity contribution in [3.05, 3.63) is 71.4 Å². The van der Waals surface area contributed by atoms with Gasteiger partial charge < -0.3 is 5.11 Å². The summed E-state index contributed by atoms with van der Waals surface area (Å²) in [6, 6.07) is 13.4. The second kappa shape index (κ2) is 6.90. The molecule has 1 aromatic heterocycles. The molecule has 0 unspecified atom stereocenters. The van der Waals surface area contributed by atoms with Crippen LogP contribution in [0.25, 0.3) is 16.9 Å². The van der Waals surface area contributed by atoms with Crippen LogP contribution in [0, 0.1) is 0 Å². The first kappa shape index (κ1) is 18.7. The molecule has 2 aromatic carbocycles. The number of carboxylic acid groups (broad SMARTS) is 1. The van der Waals surface area contributed by atoms with Gasteiger partial charge in [0, 0.05) is 5.56 Å². The second-order valence-corrected chi connectivity index (χ2v) is 6.39. The number of halogens is 3. The summed E-state index contributed by atoms with van der Waals surface area (Å²) >= 11 is 0. The molecule has 0 saturated heterocycles. The van der Waals surface area contributed by atoms with Gasteiger partial charge in [0.05, 0.1) is 16.9 Å². The van der Waals surface area contributed by atoms with Gasteiger partial charge in [0.15, 0.2) is 0 Å². The van der Waals surface area contributed by atoms with Crippen molar-refractivity contribution in [1.82, 2.24) is 9.78 Å². The van der Waals surface area contributed by atoms with Gasteiger partial charge in [-0.15, -0.1) is 0 Å². The lowest BCUT2D eigenvalue weighted by Gasteiger charge is -2.11. The Labute approximate surface area is 153 Å². The van der Waals surface area contributed by atoms with E-state index in [1.54, 1.807) is 28.9 Å². The van der Waals surface area contributed by atoms with Gasteiger partial charge in [0.2, 0.25) is 0 Å². The summed E-state index contributed by atoms with van der Waals surface area (Å²) in [5.74, 6) is -1.33. The van der Waals surface area contributed by atoms with Crippen LogP contribution in [-0.2, 0) is 6.18 Å². The van der Waals surface area contributed by atoms with E-state index in [-0.39, 0.29) is 17.2 Å². The third kappa shape index (κ3) is 3.58. The fraction of sp³-hybridized carbons (Fsp3) is 0.200. The van der Waals surface area contributed by atoms with Crippen molar-refractivity contribution in [1.29, 1.82) is 0 Å². The Morgan fingerprint density at radius 2 is 1.63 bits per heavy atom. The van der Waals surface area contributed by atoms with E-state index in [4.69, 9.17) is 0 Å². The first-order valence-electron chi connectivity index (χ1n) is 8.29. The lowest BCUT2D eigenvalue weighted by atomic mass is 9.99. The monoisotopic (exact) mass is 374 g/mol. The van der Waals surface area contributed by atoms with Gasteiger partial charge in [-0.05, 0) is 30.2 Å². The largest absolute Gasteiger partial charge is 0.478 e. The molecule has 1 heterocycles. The zero-order chi connectivity index (χ0) is 19.8. The highest BCUT2D eigenvalue weighted by molar-refractivity contribution is 5.96.